The largest absolute Gasteiger partial charge is 0.459 e. The van der Waals surface area contributed by atoms with Gasteiger partial charge in [0.15, 0.2) is 11.7 Å². The summed E-state index contributed by atoms with van der Waals surface area (Å²) >= 11 is 0. The number of furan rings is 1. The molecule has 0 bridgehead atoms. The summed E-state index contributed by atoms with van der Waals surface area (Å²) in [5, 5.41) is 3.24. The quantitative estimate of drug-likeness (QED) is 0.226. The van der Waals surface area contributed by atoms with E-state index in [-0.39, 0.29) is 41.3 Å². The van der Waals surface area contributed by atoms with Crippen molar-refractivity contribution in [3.8, 4) is 0 Å². The number of guanidine groups is 1. The van der Waals surface area contributed by atoms with Crippen LogP contribution in [-0.4, -0.2) is 75.9 Å². The van der Waals surface area contributed by atoms with Gasteiger partial charge in [0.1, 0.15) is 0 Å². The number of hydrogen-bond acceptors (Lipinski definition) is 5. The van der Waals surface area contributed by atoms with Crippen molar-refractivity contribution in [2.75, 3.05) is 45.8 Å². The van der Waals surface area contributed by atoms with Crippen molar-refractivity contribution in [2.24, 2.45) is 4.99 Å². The molecule has 2 aromatic rings. The van der Waals surface area contributed by atoms with Crippen molar-refractivity contribution < 1.29 is 17.6 Å². The van der Waals surface area contributed by atoms with Crippen LogP contribution in [0.5, 0.6) is 0 Å². The minimum atomic E-state index is -3.56. The summed E-state index contributed by atoms with van der Waals surface area (Å²) in [6.45, 7) is 7.47. The summed E-state index contributed by atoms with van der Waals surface area (Å²) in [5.74, 6) is 0.939. The molecule has 11 heteroatoms. The minimum absolute atomic E-state index is 0. The van der Waals surface area contributed by atoms with Crippen LogP contribution < -0.4 is 10.0 Å². The molecule has 1 saturated heterocycles. The van der Waals surface area contributed by atoms with Crippen LogP contribution in [0.2, 0.25) is 0 Å². The summed E-state index contributed by atoms with van der Waals surface area (Å²) in [6.07, 6.45) is 1.49. The first kappa shape index (κ1) is 26.1. The van der Waals surface area contributed by atoms with E-state index in [0.29, 0.717) is 51.0 Å². The maximum Gasteiger partial charge on any atom is 0.289 e. The first-order chi connectivity index (χ1) is 14.9. The van der Waals surface area contributed by atoms with Crippen molar-refractivity contribution in [1.82, 2.24) is 19.8 Å². The molecule has 1 fully saturated rings. The number of rotatable bonds is 7. The molecule has 0 radical (unpaired) electrons. The summed E-state index contributed by atoms with van der Waals surface area (Å²) in [7, 11) is -3.56. The lowest BCUT2D eigenvalue weighted by Gasteiger charge is -2.36. The number of benzene rings is 1. The average molecular weight is 575 g/mol. The zero-order valence-corrected chi connectivity index (χ0v) is 21.4. The predicted octanol–water partition coefficient (Wildman–Crippen LogP) is 1.91. The zero-order valence-electron chi connectivity index (χ0n) is 18.3. The van der Waals surface area contributed by atoms with Crippen LogP contribution >= 0.6 is 24.0 Å². The van der Waals surface area contributed by atoms with E-state index in [1.807, 2.05) is 13.8 Å². The minimum Gasteiger partial charge on any atom is -0.459 e. The lowest BCUT2D eigenvalue weighted by Crippen LogP contribution is -2.53. The number of aliphatic imine (C=N–C) groups is 1. The highest BCUT2D eigenvalue weighted by atomic mass is 127. The van der Waals surface area contributed by atoms with E-state index in [1.165, 1.54) is 6.26 Å². The standard InChI is InChI=1S/C21H29N5O4S.HI/c1-3-22-21(23-10-11-24-31(28,29)18-8-6-17(2)7-9-18)26-14-12-25(13-15-26)20(27)19-5-4-16-30-19;/h4-9,16,24H,3,10-15H2,1-2H3,(H,22,23);1H. The molecule has 32 heavy (non-hydrogen) atoms. The molecule has 2 N–H and O–H groups in total. The van der Waals surface area contributed by atoms with Crippen molar-refractivity contribution >= 4 is 45.9 Å². The molecule has 9 nitrogen and oxygen atoms in total. The van der Waals surface area contributed by atoms with Gasteiger partial charge < -0.3 is 19.5 Å². The van der Waals surface area contributed by atoms with Gasteiger partial charge in [-0.2, -0.15) is 0 Å². The fourth-order valence-corrected chi connectivity index (χ4v) is 4.27. The van der Waals surface area contributed by atoms with E-state index in [4.69, 9.17) is 4.42 Å². The Morgan fingerprint density at radius 3 is 2.34 bits per heavy atom. The molecule has 0 spiro atoms. The van der Waals surface area contributed by atoms with E-state index < -0.39 is 10.0 Å². The highest BCUT2D eigenvalue weighted by Gasteiger charge is 2.25. The van der Waals surface area contributed by atoms with E-state index in [2.05, 4.69) is 19.9 Å². The van der Waals surface area contributed by atoms with Gasteiger partial charge in [-0.05, 0) is 38.1 Å². The Morgan fingerprint density at radius 1 is 1.09 bits per heavy atom. The van der Waals surface area contributed by atoms with Crippen LogP contribution in [0, 0.1) is 6.92 Å². The number of sulfonamides is 1. The van der Waals surface area contributed by atoms with Crippen LogP contribution in [0.3, 0.4) is 0 Å². The van der Waals surface area contributed by atoms with Crippen LogP contribution in [0.15, 0.2) is 57.0 Å². The topological polar surface area (TPSA) is 107 Å². The Labute approximate surface area is 206 Å². The number of carbonyl (C=O) groups excluding carboxylic acids is 1. The molecule has 1 aliphatic rings. The molecule has 1 amide bonds. The van der Waals surface area contributed by atoms with Gasteiger partial charge in [-0.1, -0.05) is 17.7 Å². The van der Waals surface area contributed by atoms with Crippen molar-refractivity contribution in [3.63, 3.8) is 0 Å². The highest BCUT2D eigenvalue weighted by molar-refractivity contribution is 14.0. The Morgan fingerprint density at radius 2 is 1.75 bits per heavy atom. The van der Waals surface area contributed by atoms with Gasteiger partial charge in [0.05, 0.1) is 17.7 Å². The van der Waals surface area contributed by atoms with E-state index in [1.54, 1.807) is 41.3 Å². The molecular formula is C21H30IN5O4S. The number of halogens is 1. The number of aryl methyl sites for hydroxylation is 1. The fraction of sp³-hybridized carbons (Fsp3) is 0.429. The van der Waals surface area contributed by atoms with Crippen LogP contribution in [0.1, 0.15) is 23.0 Å². The molecule has 2 heterocycles. The van der Waals surface area contributed by atoms with E-state index in [9.17, 15) is 13.2 Å². The van der Waals surface area contributed by atoms with Gasteiger partial charge in [-0.3, -0.25) is 9.79 Å². The SMILES string of the molecule is CCNC(=NCCNS(=O)(=O)c1ccc(C)cc1)N1CCN(C(=O)c2ccco2)CC1.I. The predicted molar refractivity (Wildman–Crippen MR) is 134 cm³/mol. The lowest BCUT2D eigenvalue weighted by atomic mass is 10.2. The number of hydrogen-bond donors (Lipinski definition) is 2. The highest BCUT2D eigenvalue weighted by Crippen LogP contribution is 2.11. The normalized spacial score (nSPS) is 14.8. The molecule has 0 aliphatic carbocycles. The molecule has 0 unspecified atom stereocenters. The second kappa shape index (κ2) is 12.2. The van der Waals surface area contributed by atoms with Gasteiger partial charge in [-0.15, -0.1) is 24.0 Å². The van der Waals surface area contributed by atoms with Crippen molar-refractivity contribution in [2.45, 2.75) is 18.7 Å². The molecule has 1 aromatic heterocycles. The Hall–Kier alpha value is -2.12. The van der Waals surface area contributed by atoms with Crippen molar-refractivity contribution in [1.29, 1.82) is 0 Å². The Balaban J connectivity index is 0.00000363. The van der Waals surface area contributed by atoms with Gasteiger partial charge in [0.2, 0.25) is 10.0 Å². The average Bonchev–Trinajstić information content (AvgIpc) is 3.31. The smallest absolute Gasteiger partial charge is 0.289 e. The van der Waals surface area contributed by atoms with Gasteiger partial charge in [-0.25, -0.2) is 13.1 Å². The maximum absolute atomic E-state index is 12.4. The number of amides is 1. The Kier molecular flexibility index (Phi) is 9.97. The van der Waals surface area contributed by atoms with Crippen molar-refractivity contribution in [3.05, 3.63) is 54.0 Å². The second-order valence-corrected chi connectivity index (χ2v) is 8.97. The molecule has 176 valence electrons. The second-order valence-electron chi connectivity index (χ2n) is 7.20. The molecule has 0 atom stereocenters. The van der Waals surface area contributed by atoms with Gasteiger partial charge in [0, 0.05) is 39.3 Å². The van der Waals surface area contributed by atoms with E-state index >= 15 is 0 Å². The van der Waals surface area contributed by atoms with Gasteiger partial charge >= 0.3 is 0 Å². The van der Waals surface area contributed by atoms with Crippen LogP contribution in [0.4, 0.5) is 0 Å². The number of nitrogens with zero attached hydrogens (tertiary/aromatic N) is 3. The first-order valence-electron chi connectivity index (χ1n) is 10.3. The summed E-state index contributed by atoms with van der Waals surface area (Å²) in [6, 6.07) is 10.1. The van der Waals surface area contributed by atoms with E-state index in [0.717, 1.165) is 5.56 Å². The summed E-state index contributed by atoms with van der Waals surface area (Å²) in [4.78, 5) is 21.0. The molecule has 3 rings (SSSR count). The monoisotopic (exact) mass is 575 g/mol. The summed E-state index contributed by atoms with van der Waals surface area (Å²) < 4.78 is 32.5. The zero-order chi connectivity index (χ0) is 22.3. The lowest BCUT2D eigenvalue weighted by molar-refractivity contribution is 0.0657. The molecule has 1 aliphatic heterocycles. The third-order valence-electron chi connectivity index (χ3n) is 4.93. The summed E-state index contributed by atoms with van der Waals surface area (Å²) in [5.41, 5.74) is 1.00. The molecule has 1 aromatic carbocycles. The number of piperazine rings is 1. The maximum atomic E-state index is 12.4. The first-order valence-corrected chi connectivity index (χ1v) is 11.8. The third-order valence-corrected chi connectivity index (χ3v) is 6.41. The molecular weight excluding hydrogens is 545 g/mol. The number of carbonyl (C=O) groups is 1. The fourth-order valence-electron chi connectivity index (χ4n) is 3.25. The van der Waals surface area contributed by atoms with Crippen LogP contribution in [0.25, 0.3) is 0 Å². The number of nitrogens with one attached hydrogen (secondary N) is 2. The Bertz CT molecular complexity index is 986. The van der Waals surface area contributed by atoms with Gasteiger partial charge in [0.25, 0.3) is 5.91 Å². The third kappa shape index (κ3) is 6.94. The van der Waals surface area contributed by atoms with Crippen LogP contribution in [-0.2, 0) is 10.0 Å². The molecule has 0 saturated carbocycles.